The molecule has 0 fully saturated rings. The summed E-state index contributed by atoms with van der Waals surface area (Å²) in [7, 11) is 0. The average Bonchev–Trinajstić information content (AvgIpc) is 2.42. The standard InChI is InChI=1S/C14H24N2O6/c1-5-21-10(17)7-9(14(20)22-6-2)11(12(15)18)16-13(19)8(3)4/h8-9,11H,5-7H2,1-4H3,(H2,15,18)(H,16,19)/t9-,11-/m1/s1. The summed E-state index contributed by atoms with van der Waals surface area (Å²) in [6.45, 7) is 6.65. The predicted octanol–water partition coefficient (Wildman–Crippen LogP) is -0.255. The van der Waals surface area contributed by atoms with Gasteiger partial charge in [-0.3, -0.25) is 19.2 Å². The van der Waals surface area contributed by atoms with Crippen LogP contribution in [-0.2, 0) is 28.7 Å². The zero-order chi connectivity index (χ0) is 17.3. The van der Waals surface area contributed by atoms with Gasteiger partial charge in [-0.25, -0.2) is 0 Å². The monoisotopic (exact) mass is 316 g/mol. The maximum atomic E-state index is 12.0. The van der Waals surface area contributed by atoms with E-state index in [2.05, 4.69) is 5.32 Å². The number of esters is 2. The molecule has 0 aromatic heterocycles. The third-order valence-corrected chi connectivity index (χ3v) is 2.81. The molecule has 8 heteroatoms. The van der Waals surface area contributed by atoms with Gasteiger partial charge in [0, 0.05) is 5.92 Å². The zero-order valence-corrected chi connectivity index (χ0v) is 13.4. The Labute approximate surface area is 129 Å². The van der Waals surface area contributed by atoms with Gasteiger partial charge in [0.25, 0.3) is 0 Å². The Bertz CT molecular complexity index is 422. The second-order valence-electron chi connectivity index (χ2n) is 4.91. The maximum absolute atomic E-state index is 12.0. The minimum atomic E-state index is -1.33. The van der Waals surface area contributed by atoms with Crippen LogP contribution in [0.25, 0.3) is 0 Å². The van der Waals surface area contributed by atoms with Gasteiger partial charge in [-0.15, -0.1) is 0 Å². The Balaban J connectivity index is 5.27. The molecular weight excluding hydrogens is 292 g/mol. The lowest BCUT2D eigenvalue weighted by Gasteiger charge is -2.24. The molecule has 2 amide bonds. The Kier molecular flexibility index (Phi) is 8.81. The Morgan fingerprint density at radius 2 is 1.59 bits per heavy atom. The summed E-state index contributed by atoms with van der Waals surface area (Å²) in [5.74, 6) is -4.47. The molecule has 0 rings (SSSR count). The highest BCUT2D eigenvalue weighted by Crippen LogP contribution is 2.14. The molecule has 0 saturated carbocycles. The number of carbonyl (C=O) groups is 4. The highest BCUT2D eigenvalue weighted by atomic mass is 16.5. The molecule has 0 radical (unpaired) electrons. The minimum absolute atomic E-state index is 0.0712. The highest BCUT2D eigenvalue weighted by Gasteiger charge is 2.37. The molecule has 0 spiro atoms. The Morgan fingerprint density at radius 1 is 1.05 bits per heavy atom. The molecule has 8 nitrogen and oxygen atoms in total. The van der Waals surface area contributed by atoms with Gasteiger partial charge < -0.3 is 20.5 Å². The first-order chi connectivity index (χ1) is 10.2. The molecule has 22 heavy (non-hydrogen) atoms. The first-order valence-electron chi connectivity index (χ1n) is 7.16. The molecule has 0 aliphatic rings. The normalized spacial score (nSPS) is 13.1. The molecule has 126 valence electrons. The topological polar surface area (TPSA) is 125 Å². The van der Waals surface area contributed by atoms with E-state index in [1.165, 1.54) is 0 Å². The number of primary amides is 1. The van der Waals surface area contributed by atoms with Crippen LogP contribution >= 0.6 is 0 Å². The van der Waals surface area contributed by atoms with Crippen LogP contribution < -0.4 is 11.1 Å². The number of ether oxygens (including phenoxy) is 2. The Morgan fingerprint density at radius 3 is 2.00 bits per heavy atom. The summed E-state index contributed by atoms with van der Waals surface area (Å²) in [4.78, 5) is 47.0. The van der Waals surface area contributed by atoms with Crippen LogP contribution in [0.3, 0.4) is 0 Å². The van der Waals surface area contributed by atoms with E-state index in [0.717, 1.165) is 0 Å². The molecule has 0 aliphatic heterocycles. The van der Waals surface area contributed by atoms with Gasteiger partial charge in [0.05, 0.1) is 25.6 Å². The van der Waals surface area contributed by atoms with Crippen molar-refractivity contribution < 1.29 is 28.7 Å². The quantitative estimate of drug-likeness (QED) is 0.565. The van der Waals surface area contributed by atoms with Crippen LogP contribution in [0.5, 0.6) is 0 Å². The number of nitrogens with two attached hydrogens (primary N) is 1. The molecule has 2 atom stereocenters. The number of hydrogen-bond acceptors (Lipinski definition) is 6. The van der Waals surface area contributed by atoms with Crippen LogP contribution in [0, 0.1) is 11.8 Å². The lowest BCUT2D eigenvalue weighted by atomic mass is 9.94. The van der Waals surface area contributed by atoms with E-state index >= 15 is 0 Å². The summed E-state index contributed by atoms with van der Waals surface area (Å²) in [6, 6.07) is -1.33. The van der Waals surface area contributed by atoms with Crippen LogP contribution in [0.2, 0.25) is 0 Å². The molecule has 0 saturated heterocycles. The smallest absolute Gasteiger partial charge is 0.312 e. The van der Waals surface area contributed by atoms with Gasteiger partial charge in [0.15, 0.2) is 0 Å². The summed E-state index contributed by atoms with van der Waals surface area (Å²) >= 11 is 0. The largest absolute Gasteiger partial charge is 0.466 e. The Hall–Kier alpha value is -2.12. The lowest BCUT2D eigenvalue weighted by Crippen LogP contribution is -2.53. The van der Waals surface area contributed by atoms with Crippen molar-refractivity contribution in [3.8, 4) is 0 Å². The summed E-state index contributed by atoms with van der Waals surface area (Å²) in [5, 5.41) is 2.38. The van der Waals surface area contributed by atoms with Crippen molar-refractivity contribution in [1.82, 2.24) is 5.32 Å². The van der Waals surface area contributed by atoms with E-state index in [4.69, 9.17) is 15.2 Å². The lowest BCUT2D eigenvalue weighted by molar-refractivity contribution is -0.157. The van der Waals surface area contributed by atoms with E-state index in [0.29, 0.717) is 0 Å². The minimum Gasteiger partial charge on any atom is -0.466 e. The predicted molar refractivity (Wildman–Crippen MR) is 77.3 cm³/mol. The van der Waals surface area contributed by atoms with Gasteiger partial charge in [-0.2, -0.15) is 0 Å². The van der Waals surface area contributed by atoms with E-state index in [9.17, 15) is 19.2 Å². The van der Waals surface area contributed by atoms with Gasteiger partial charge in [0.1, 0.15) is 6.04 Å². The SMILES string of the molecule is CCOC(=O)C[C@@H](C(=O)OCC)[C@@H](NC(=O)C(C)C)C(N)=O. The van der Waals surface area contributed by atoms with Crippen LogP contribution in [0.4, 0.5) is 0 Å². The first kappa shape index (κ1) is 19.9. The fourth-order valence-electron chi connectivity index (χ4n) is 1.68. The molecule has 0 aromatic rings. The van der Waals surface area contributed by atoms with Crippen LogP contribution in [0.15, 0.2) is 0 Å². The van der Waals surface area contributed by atoms with E-state index in [1.54, 1.807) is 27.7 Å². The number of amides is 2. The molecule has 0 aromatic carbocycles. The van der Waals surface area contributed by atoms with E-state index in [1.807, 2.05) is 0 Å². The number of nitrogens with one attached hydrogen (secondary N) is 1. The van der Waals surface area contributed by atoms with Crippen molar-refractivity contribution in [2.45, 2.75) is 40.2 Å². The zero-order valence-electron chi connectivity index (χ0n) is 13.4. The van der Waals surface area contributed by atoms with E-state index < -0.39 is 48.1 Å². The molecular formula is C14H24N2O6. The number of rotatable bonds is 9. The summed E-state index contributed by atoms with van der Waals surface area (Å²) in [5.41, 5.74) is 5.26. The van der Waals surface area contributed by atoms with Crippen molar-refractivity contribution in [1.29, 1.82) is 0 Å². The van der Waals surface area contributed by atoms with Gasteiger partial charge in [-0.05, 0) is 13.8 Å². The third-order valence-electron chi connectivity index (χ3n) is 2.81. The molecule has 0 heterocycles. The van der Waals surface area contributed by atoms with Crippen molar-refractivity contribution in [2.24, 2.45) is 17.6 Å². The van der Waals surface area contributed by atoms with Gasteiger partial charge in [-0.1, -0.05) is 13.8 Å². The average molecular weight is 316 g/mol. The van der Waals surface area contributed by atoms with Crippen molar-refractivity contribution in [3.05, 3.63) is 0 Å². The summed E-state index contributed by atoms with van der Waals surface area (Å²) < 4.78 is 9.62. The maximum Gasteiger partial charge on any atom is 0.312 e. The number of carbonyl (C=O) groups excluding carboxylic acids is 4. The highest BCUT2D eigenvalue weighted by molar-refractivity contribution is 5.93. The second kappa shape index (κ2) is 9.75. The molecule has 3 N–H and O–H groups in total. The van der Waals surface area contributed by atoms with Gasteiger partial charge >= 0.3 is 11.9 Å². The summed E-state index contributed by atoms with van der Waals surface area (Å²) in [6.07, 6.45) is -0.404. The molecule has 0 aliphatic carbocycles. The van der Waals surface area contributed by atoms with Crippen molar-refractivity contribution >= 4 is 23.8 Å². The fraction of sp³-hybridized carbons (Fsp3) is 0.714. The van der Waals surface area contributed by atoms with Crippen molar-refractivity contribution in [2.75, 3.05) is 13.2 Å². The second-order valence-corrected chi connectivity index (χ2v) is 4.91. The molecule has 0 unspecified atom stereocenters. The first-order valence-corrected chi connectivity index (χ1v) is 7.16. The van der Waals surface area contributed by atoms with Gasteiger partial charge in [0.2, 0.25) is 11.8 Å². The van der Waals surface area contributed by atoms with Crippen LogP contribution in [-0.4, -0.2) is 43.0 Å². The third kappa shape index (κ3) is 6.55. The van der Waals surface area contributed by atoms with E-state index in [-0.39, 0.29) is 13.2 Å². The van der Waals surface area contributed by atoms with Crippen LogP contribution in [0.1, 0.15) is 34.1 Å². The fourth-order valence-corrected chi connectivity index (χ4v) is 1.68. The van der Waals surface area contributed by atoms with Crippen molar-refractivity contribution in [3.63, 3.8) is 0 Å². The molecule has 0 bridgehead atoms. The number of hydrogen-bond donors (Lipinski definition) is 2.